The molecule has 1 amide bonds. The molecule has 0 fully saturated rings. The van der Waals surface area contributed by atoms with Gasteiger partial charge in [0.25, 0.3) is 5.91 Å². The van der Waals surface area contributed by atoms with Crippen LogP contribution in [0.25, 0.3) is 0 Å². The van der Waals surface area contributed by atoms with E-state index >= 15 is 0 Å². The molecule has 1 N–H and O–H groups in total. The highest BCUT2D eigenvalue weighted by atomic mass is 35.5. The highest BCUT2D eigenvalue weighted by molar-refractivity contribution is 6.34. The third-order valence-corrected chi connectivity index (χ3v) is 4.37. The first-order valence-electron chi connectivity index (χ1n) is 8.24. The van der Waals surface area contributed by atoms with Crippen LogP contribution in [0, 0.1) is 0 Å². The monoisotopic (exact) mass is 384 g/mol. The second-order valence-electron chi connectivity index (χ2n) is 5.80. The number of amides is 1. The lowest BCUT2D eigenvalue weighted by Crippen LogP contribution is -2.22. The van der Waals surface area contributed by atoms with Gasteiger partial charge in [-0.15, -0.1) is 0 Å². The molecule has 2 rings (SSSR count). The molecule has 26 heavy (non-hydrogen) atoms. The largest absolute Gasteiger partial charge is 0.416 e. The van der Waals surface area contributed by atoms with Crippen LogP contribution in [-0.2, 0) is 12.7 Å². The van der Waals surface area contributed by atoms with Gasteiger partial charge in [-0.05, 0) is 49.0 Å². The lowest BCUT2D eigenvalue weighted by atomic mass is 10.1. The zero-order valence-corrected chi connectivity index (χ0v) is 15.3. The van der Waals surface area contributed by atoms with Crippen molar-refractivity contribution < 1.29 is 18.0 Å². The van der Waals surface area contributed by atoms with Crippen molar-refractivity contribution in [2.24, 2.45) is 0 Å². The summed E-state index contributed by atoms with van der Waals surface area (Å²) in [6.45, 7) is 6.88. The lowest BCUT2D eigenvalue weighted by molar-refractivity contribution is -0.137. The summed E-state index contributed by atoms with van der Waals surface area (Å²) in [5.41, 5.74) is 0.764. The number of alkyl halides is 3. The predicted molar refractivity (Wildman–Crippen MR) is 97.5 cm³/mol. The maximum Gasteiger partial charge on any atom is 0.416 e. The number of halogens is 4. The van der Waals surface area contributed by atoms with E-state index in [0.29, 0.717) is 5.69 Å². The Balaban J connectivity index is 2.08. The number of benzene rings is 2. The SMILES string of the molecule is CCN(CC)Cc1ccc(NC(=O)c2ccc(C(F)(F)F)cc2Cl)cc1. The van der Waals surface area contributed by atoms with Crippen molar-refractivity contribution in [3.05, 3.63) is 64.2 Å². The van der Waals surface area contributed by atoms with Crippen LogP contribution >= 0.6 is 11.6 Å². The Labute approximate surface area is 155 Å². The van der Waals surface area contributed by atoms with Crippen LogP contribution in [-0.4, -0.2) is 23.9 Å². The summed E-state index contributed by atoms with van der Waals surface area (Å²) in [6, 6.07) is 10.0. The van der Waals surface area contributed by atoms with Crippen LogP contribution in [0.5, 0.6) is 0 Å². The molecular formula is C19H20ClF3N2O. The van der Waals surface area contributed by atoms with Gasteiger partial charge in [0.2, 0.25) is 0 Å². The molecule has 2 aromatic rings. The Bertz CT molecular complexity index is 756. The van der Waals surface area contributed by atoms with E-state index in [1.165, 1.54) is 0 Å². The van der Waals surface area contributed by atoms with Crippen LogP contribution in [0.2, 0.25) is 5.02 Å². The van der Waals surface area contributed by atoms with Crippen molar-refractivity contribution in [3.8, 4) is 0 Å². The van der Waals surface area contributed by atoms with Crippen LogP contribution < -0.4 is 5.32 Å². The average molecular weight is 385 g/mol. The lowest BCUT2D eigenvalue weighted by Gasteiger charge is -2.18. The molecule has 0 atom stereocenters. The van der Waals surface area contributed by atoms with Crippen molar-refractivity contribution in [2.75, 3.05) is 18.4 Å². The first kappa shape index (κ1) is 20.3. The van der Waals surface area contributed by atoms with E-state index in [1.54, 1.807) is 12.1 Å². The number of hydrogen-bond acceptors (Lipinski definition) is 2. The molecule has 0 spiro atoms. The van der Waals surface area contributed by atoms with Crippen molar-refractivity contribution in [1.29, 1.82) is 0 Å². The van der Waals surface area contributed by atoms with Crippen molar-refractivity contribution in [3.63, 3.8) is 0 Å². The van der Waals surface area contributed by atoms with E-state index < -0.39 is 17.6 Å². The van der Waals surface area contributed by atoms with Gasteiger partial charge < -0.3 is 5.32 Å². The summed E-state index contributed by atoms with van der Waals surface area (Å²) in [4.78, 5) is 14.5. The van der Waals surface area contributed by atoms with E-state index in [9.17, 15) is 18.0 Å². The second kappa shape index (κ2) is 8.56. The molecule has 0 aliphatic heterocycles. The summed E-state index contributed by atoms with van der Waals surface area (Å²) in [6.07, 6.45) is -4.50. The highest BCUT2D eigenvalue weighted by Crippen LogP contribution is 2.32. The normalized spacial score (nSPS) is 11.7. The fourth-order valence-corrected chi connectivity index (χ4v) is 2.74. The Morgan fingerprint density at radius 1 is 1.08 bits per heavy atom. The molecule has 0 radical (unpaired) electrons. The molecule has 0 aliphatic carbocycles. The quantitative estimate of drug-likeness (QED) is 0.718. The van der Waals surface area contributed by atoms with Gasteiger partial charge in [-0.2, -0.15) is 13.2 Å². The molecule has 0 saturated carbocycles. The molecule has 140 valence electrons. The fraction of sp³-hybridized carbons (Fsp3) is 0.316. The fourth-order valence-electron chi connectivity index (χ4n) is 2.47. The van der Waals surface area contributed by atoms with E-state index in [2.05, 4.69) is 24.1 Å². The van der Waals surface area contributed by atoms with E-state index in [4.69, 9.17) is 11.6 Å². The summed E-state index contributed by atoms with van der Waals surface area (Å²) in [5, 5.41) is 2.41. The zero-order chi connectivity index (χ0) is 19.3. The average Bonchev–Trinajstić information content (AvgIpc) is 2.60. The molecule has 0 unspecified atom stereocenters. The Morgan fingerprint density at radius 3 is 2.19 bits per heavy atom. The van der Waals surface area contributed by atoms with Gasteiger partial charge in [0.15, 0.2) is 0 Å². The van der Waals surface area contributed by atoms with Gasteiger partial charge in [-0.25, -0.2) is 0 Å². The Kier molecular flexibility index (Phi) is 6.67. The van der Waals surface area contributed by atoms with Crippen molar-refractivity contribution >= 4 is 23.2 Å². The van der Waals surface area contributed by atoms with Crippen LogP contribution in [0.1, 0.15) is 35.3 Å². The van der Waals surface area contributed by atoms with Crippen LogP contribution in [0.3, 0.4) is 0 Å². The maximum absolute atomic E-state index is 12.7. The first-order valence-corrected chi connectivity index (χ1v) is 8.61. The standard InChI is InChI=1S/C19H20ClF3N2O/c1-3-25(4-2)12-13-5-8-15(9-6-13)24-18(26)16-10-7-14(11-17(16)20)19(21,22)23/h5-11H,3-4,12H2,1-2H3,(H,24,26). The molecule has 0 heterocycles. The molecule has 3 nitrogen and oxygen atoms in total. The first-order chi connectivity index (χ1) is 12.2. The zero-order valence-electron chi connectivity index (χ0n) is 14.5. The molecule has 2 aromatic carbocycles. The van der Waals surface area contributed by atoms with E-state index in [0.717, 1.165) is 43.4 Å². The van der Waals surface area contributed by atoms with Gasteiger partial charge in [-0.3, -0.25) is 9.69 Å². The van der Waals surface area contributed by atoms with Gasteiger partial charge in [0.05, 0.1) is 16.1 Å². The molecular weight excluding hydrogens is 365 g/mol. The summed E-state index contributed by atoms with van der Waals surface area (Å²) < 4.78 is 38.0. The maximum atomic E-state index is 12.7. The minimum Gasteiger partial charge on any atom is -0.322 e. The molecule has 7 heteroatoms. The number of anilines is 1. The number of hydrogen-bond donors (Lipinski definition) is 1. The van der Waals surface area contributed by atoms with Gasteiger partial charge >= 0.3 is 6.18 Å². The third-order valence-electron chi connectivity index (χ3n) is 4.05. The number of nitrogens with one attached hydrogen (secondary N) is 1. The summed E-state index contributed by atoms with van der Waals surface area (Å²) in [7, 11) is 0. The van der Waals surface area contributed by atoms with E-state index in [1.807, 2.05) is 12.1 Å². The summed E-state index contributed by atoms with van der Waals surface area (Å²) in [5.74, 6) is -0.555. The van der Waals surface area contributed by atoms with Crippen LogP contribution in [0.4, 0.5) is 18.9 Å². The van der Waals surface area contributed by atoms with Gasteiger partial charge in [0.1, 0.15) is 0 Å². The van der Waals surface area contributed by atoms with Gasteiger partial charge in [0, 0.05) is 12.2 Å². The van der Waals surface area contributed by atoms with Crippen molar-refractivity contribution in [1.82, 2.24) is 4.90 Å². The molecule has 0 aliphatic rings. The topological polar surface area (TPSA) is 32.3 Å². The third kappa shape index (κ3) is 5.22. The Morgan fingerprint density at radius 2 is 1.69 bits per heavy atom. The van der Waals surface area contributed by atoms with Gasteiger partial charge in [-0.1, -0.05) is 37.6 Å². The summed E-state index contributed by atoms with van der Waals surface area (Å²) >= 11 is 5.84. The molecule has 0 saturated heterocycles. The number of rotatable bonds is 6. The van der Waals surface area contributed by atoms with E-state index in [-0.39, 0.29) is 10.6 Å². The highest BCUT2D eigenvalue weighted by Gasteiger charge is 2.31. The number of carbonyl (C=O) groups is 1. The molecule has 0 bridgehead atoms. The minimum absolute atomic E-state index is 0.00751. The molecule has 0 aromatic heterocycles. The van der Waals surface area contributed by atoms with Crippen molar-refractivity contribution in [2.45, 2.75) is 26.6 Å². The number of nitrogens with zero attached hydrogens (tertiary/aromatic N) is 1. The number of carbonyl (C=O) groups excluding carboxylic acids is 1. The second-order valence-corrected chi connectivity index (χ2v) is 6.21. The smallest absolute Gasteiger partial charge is 0.322 e. The minimum atomic E-state index is -4.50. The van der Waals surface area contributed by atoms with Crippen LogP contribution in [0.15, 0.2) is 42.5 Å². The predicted octanol–water partition coefficient (Wildman–Crippen LogP) is 5.45. The Hall–Kier alpha value is -2.05.